The number of hydrogen-bond donors (Lipinski definition) is 1. The van der Waals surface area contributed by atoms with Crippen LogP contribution in [0.25, 0.3) is 0 Å². The Labute approximate surface area is 83.2 Å². The van der Waals surface area contributed by atoms with Gasteiger partial charge < -0.3 is 14.7 Å². The number of ether oxygens (including phenoxy) is 1. The van der Waals surface area contributed by atoms with Crippen LogP contribution in [0.15, 0.2) is 0 Å². The summed E-state index contributed by atoms with van der Waals surface area (Å²) in [4.78, 5) is 14.6. The van der Waals surface area contributed by atoms with Gasteiger partial charge in [-0.2, -0.15) is 0 Å². The van der Waals surface area contributed by atoms with Crippen LogP contribution in [-0.4, -0.2) is 66.4 Å². The maximum absolute atomic E-state index is 10.7. The zero-order chi connectivity index (χ0) is 9.97. The smallest absolute Gasteiger partial charge is 0.407 e. The zero-order valence-electron chi connectivity index (χ0n) is 8.19. The highest BCUT2D eigenvalue weighted by Crippen LogP contribution is 2.16. The number of nitrogens with zero attached hydrogens (tertiary/aromatic N) is 2. The van der Waals surface area contributed by atoms with Gasteiger partial charge in [0.2, 0.25) is 0 Å². The minimum absolute atomic E-state index is 0.412. The summed E-state index contributed by atoms with van der Waals surface area (Å²) in [5.41, 5.74) is 0. The first-order valence-electron chi connectivity index (χ1n) is 5.07. The summed E-state index contributed by atoms with van der Waals surface area (Å²) in [5, 5.41) is 8.81. The largest absolute Gasteiger partial charge is 0.465 e. The van der Waals surface area contributed by atoms with E-state index in [0.29, 0.717) is 19.1 Å². The number of morpholine rings is 1. The predicted molar refractivity (Wildman–Crippen MR) is 50.4 cm³/mol. The lowest BCUT2D eigenvalue weighted by molar-refractivity contribution is 0.0187. The van der Waals surface area contributed by atoms with E-state index in [9.17, 15) is 4.79 Å². The second-order valence-electron chi connectivity index (χ2n) is 3.82. The molecule has 2 fully saturated rings. The van der Waals surface area contributed by atoms with Crippen LogP contribution in [-0.2, 0) is 4.74 Å². The van der Waals surface area contributed by atoms with E-state index in [0.717, 1.165) is 32.7 Å². The molecular weight excluding hydrogens is 184 g/mol. The summed E-state index contributed by atoms with van der Waals surface area (Å²) in [6.45, 7) is 4.79. The van der Waals surface area contributed by atoms with Crippen molar-refractivity contribution in [2.75, 3.05) is 39.4 Å². The fraction of sp³-hybridized carbons (Fsp3) is 0.889. The predicted octanol–water partition coefficient (Wildman–Crippen LogP) is 0.0709. The summed E-state index contributed by atoms with van der Waals surface area (Å²) >= 11 is 0. The normalized spacial score (nSPS) is 29.4. The van der Waals surface area contributed by atoms with Crippen molar-refractivity contribution in [1.29, 1.82) is 0 Å². The molecule has 2 aliphatic rings. The Balaban J connectivity index is 1.85. The number of carbonyl (C=O) groups is 1. The van der Waals surface area contributed by atoms with Gasteiger partial charge in [0.1, 0.15) is 0 Å². The van der Waals surface area contributed by atoms with E-state index in [1.807, 2.05) is 0 Å². The molecule has 0 aliphatic carbocycles. The number of amides is 1. The van der Waals surface area contributed by atoms with Gasteiger partial charge in [-0.25, -0.2) is 4.79 Å². The molecule has 1 atom stereocenters. The van der Waals surface area contributed by atoms with Crippen molar-refractivity contribution < 1.29 is 14.6 Å². The first-order valence-corrected chi connectivity index (χ1v) is 5.07. The van der Waals surface area contributed by atoms with E-state index < -0.39 is 6.09 Å². The van der Waals surface area contributed by atoms with Gasteiger partial charge in [0.25, 0.3) is 0 Å². The van der Waals surface area contributed by atoms with Gasteiger partial charge in [-0.1, -0.05) is 0 Å². The molecule has 1 amide bonds. The van der Waals surface area contributed by atoms with E-state index in [1.165, 1.54) is 4.90 Å². The second-order valence-corrected chi connectivity index (χ2v) is 3.82. The average Bonchev–Trinajstić information content (AvgIpc) is 2.68. The maximum Gasteiger partial charge on any atom is 0.407 e. The molecule has 0 unspecified atom stereocenters. The van der Waals surface area contributed by atoms with Gasteiger partial charge in [-0.3, -0.25) is 4.90 Å². The van der Waals surface area contributed by atoms with Crippen molar-refractivity contribution in [3.8, 4) is 0 Å². The van der Waals surface area contributed by atoms with Crippen molar-refractivity contribution in [2.24, 2.45) is 0 Å². The van der Waals surface area contributed by atoms with Crippen LogP contribution < -0.4 is 0 Å². The number of carboxylic acid groups (broad SMARTS) is 1. The molecule has 5 nitrogen and oxygen atoms in total. The lowest BCUT2D eigenvalue weighted by atomic mass is 10.2. The summed E-state index contributed by atoms with van der Waals surface area (Å²) in [5.74, 6) is 0. The van der Waals surface area contributed by atoms with Gasteiger partial charge >= 0.3 is 6.09 Å². The molecule has 0 aromatic heterocycles. The fourth-order valence-corrected chi connectivity index (χ4v) is 2.16. The van der Waals surface area contributed by atoms with Gasteiger partial charge in [-0.05, 0) is 6.42 Å². The molecule has 5 heteroatoms. The Morgan fingerprint density at radius 1 is 1.29 bits per heavy atom. The summed E-state index contributed by atoms with van der Waals surface area (Å²) in [7, 11) is 0. The molecule has 2 heterocycles. The topological polar surface area (TPSA) is 53.0 Å². The van der Waals surface area contributed by atoms with Crippen molar-refractivity contribution in [1.82, 2.24) is 9.80 Å². The van der Waals surface area contributed by atoms with Gasteiger partial charge in [0.15, 0.2) is 0 Å². The van der Waals surface area contributed by atoms with Crippen molar-refractivity contribution in [3.63, 3.8) is 0 Å². The number of hydrogen-bond acceptors (Lipinski definition) is 3. The first kappa shape index (κ1) is 9.73. The fourth-order valence-electron chi connectivity index (χ4n) is 2.16. The third kappa shape index (κ3) is 1.99. The minimum atomic E-state index is -0.791. The van der Waals surface area contributed by atoms with E-state index in [-0.39, 0.29) is 0 Å². The van der Waals surface area contributed by atoms with Crippen molar-refractivity contribution in [2.45, 2.75) is 12.5 Å². The van der Waals surface area contributed by atoms with E-state index in [1.54, 1.807) is 0 Å². The molecule has 0 aromatic carbocycles. The molecule has 0 spiro atoms. The Bertz CT molecular complexity index is 216. The van der Waals surface area contributed by atoms with Crippen LogP contribution in [0.2, 0.25) is 0 Å². The maximum atomic E-state index is 10.7. The van der Waals surface area contributed by atoms with Crippen LogP contribution in [0.3, 0.4) is 0 Å². The Kier molecular flexibility index (Phi) is 2.88. The molecule has 1 N–H and O–H groups in total. The average molecular weight is 200 g/mol. The van der Waals surface area contributed by atoms with Gasteiger partial charge in [0, 0.05) is 32.2 Å². The van der Waals surface area contributed by atoms with E-state index in [4.69, 9.17) is 9.84 Å². The first-order chi connectivity index (χ1) is 6.77. The molecular formula is C9H16N2O3. The lowest BCUT2D eigenvalue weighted by Gasteiger charge is -2.31. The van der Waals surface area contributed by atoms with Gasteiger partial charge in [-0.15, -0.1) is 0 Å². The summed E-state index contributed by atoms with van der Waals surface area (Å²) < 4.78 is 5.26. The zero-order valence-corrected chi connectivity index (χ0v) is 8.19. The standard InChI is InChI=1S/C9H16N2O3/c12-9(13)11-2-1-8(7-11)10-3-5-14-6-4-10/h8H,1-7H2,(H,12,13)/t8-/m1/s1. The molecule has 14 heavy (non-hydrogen) atoms. The van der Waals surface area contributed by atoms with Crippen molar-refractivity contribution >= 4 is 6.09 Å². The van der Waals surface area contributed by atoms with Crippen LogP contribution in [0.4, 0.5) is 4.79 Å². The lowest BCUT2D eigenvalue weighted by Crippen LogP contribution is -2.45. The molecule has 0 saturated carbocycles. The van der Waals surface area contributed by atoms with Crippen LogP contribution >= 0.6 is 0 Å². The van der Waals surface area contributed by atoms with Crippen molar-refractivity contribution in [3.05, 3.63) is 0 Å². The molecule has 0 aromatic rings. The Hall–Kier alpha value is -0.810. The molecule has 0 bridgehead atoms. The van der Waals surface area contributed by atoms with E-state index in [2.05, 4.69) is 4.90 Å². The number of rotatable bonds is 1. The third-order valence-electron chi connectivity index (χ3n) is 3.00. The highest BCUT2D eigenvalue weighted by atomic mass is 16.5. The molecule has 0 radical (unpaired) electrons. The summed E-state index contributed by atoms with van der Waals surface area (Å²) in [6, 6.07) is 0.412. The summed E-state index contributed by atoms with van der Waals surface area (Å²) in [6.07, 6.45) is 0.174. The van der Waals surface area contributed by atoms with Crippen LogP contribution in [0.5, 0.6) is 0 Å². The third-order valence-corrected chi connectivity index (χ3v) is 3.00. The highest BCUT2D eigenvalue weighted by Gasteiger charge is 2.30. The number of likely N-dealkylation sites (tertiary alicyclic amines) is 1. The minimum Gasteiger partial charge on any atom is -0.465 e. The Morgan fingerprint density at radius 2 is 2.00 bits per heavy atom. The molecule has 2 aliphatic heterocycles. The SMILES string of the molecule is O=C(O)N1CC[C@@H](N2CCOCC2)C1. The van der Waals surface area contributed by atoms with Crippen LogP contribution in [0.1, 0.15) is 6.42 Å². The molecule has 80 valence electrons. The molecule has 2 rings (SSSR count). The van der Waals surface area contributed by atoms with Crippen LogP contribution in [0, 0.1) is 0 Å². The second kappa shape index (κ2) is 4.14. The quantitative estimate of drug-likeness (QED) is 0.651. The van der Waals surface area contributed by atoms with Gasteiger partial charge in [0.05, 0.1) is 13.2 Å². The van der Waals surface area contributed by atoms with E-state index >= 15 is 0 Å². The Morgan fingerprint density at radius 3 is 2.57 bits per heavy atom. The monoisotopic (exact) mass is 200 g/mol. The molecule has 2 saturated heterocycles. The highest BCUT2D eigenvalue weighted by molar-refractivity contribution is 5.65.